The molecule has 1 heterocycles. The van der Waals surface area contributed by atoms with Crippen molar-refractivity contribution >= 4 is 5.78 Å². The summed E-state index contributed by atoms with van der Waals surface area (Å²) in [4.78, 5) is 11.5. The zero-order chi connectivity index (χ0) is 10.4. The molecule has 0 aromatic rings. The van der Waals surface area contributed by atoms with Gasteiger partial charge in [0.05, 0.1) is 6.10 Å². The zero-order valence-electron chi connectivity index (χ0n) is 9.00. The molecule has 2 N–H and O–H groups in total. The first-order chi connectivity index (χ1) is 6.72. The largest absolute Gasteiger partial charge is 0.378 e. The second-order valence-electron chi connectivity index (χ2n) is 4.26. The van der Waals surface area contributed by atoms with Gasteiger partial charge in [-0.15, -0.1) is 0 Å². The third kappa shape index (κ3) is 4.20. The van der Waals surface area contributed by atoms with Crippen LogP contribution in [-0.4, -0.2) is 25.0 Å². The SMILES string of the molecule is CC(CN)CC(=O)CCC1CCCO1. The second kappa shape index (κ2) is 6.14. The van der Waals surface area contributed by atoms with E-state index in [0.717, 1.165) is 25.9 Å². The number of carbonyl (C=O) groups is 1. The van der Waals surface area contributed by atoms with E-state index in [-0.39, 0.29) is 0 Å². The molecule has 1 fully saturated rings. The van der Waals surface area contributed by atoms with Crippen molar-refractivity contribution in [3.05, 3.63) is 0 Å². The van der Waals surface area contributed by atoms with Crippen molar-refractivity contribution in [1.82, 2.24) is 0 Å². The Morgan fingerprint density at radius 3 is 3.00 bits per heavy atom. The molecule has 0 aromatic carbocycles. The minimum atomic E-state index is 0.326. The topological polar surface area (TPSA) is 52.3 Å². The van der Waals surface area contributed by atoms with Crippen LogP contribution in [0.4, 0.5) is 0 Å². The highest BCUT2D eigenvalue weighted by molar-refractivity contribution is 5.78. The first-order valence-electron chi connectivity index (χ1n) is 5.55. The minimum absolute atomic E-state index is 0.326. The fourth-order valence-corrected chi connectivity index (χ4v) is 1.77. The minimum Gasteiger partial charge on any atom is -0.378 e. The molecule has 14 heavy (non-hydrogen) atoms. The molecule has 3 nitrogen and oxygen atoms in total. The highest BCUT2D eigenvalue weighted by atomic mass is 16.5. The Labute approximate surface area is 86.0 Å². The number of hydrogen-bond acceptors (Lipinski definition) is 3. The molecule has 2 atom stereocenters. The number of Topliss-reactive ketones (excluding diaryl/α,β-unsaturated/α-hetero) is 1. The Bertz CT molecular complexity index is 176. The standard InChI is InChI=1S/C11H21NO2/c1-9(8-12)7-10(13)4-5-11-3-2-6-14-11/h9,11H,2-8,12H2,1H3. The van der Waals surface area contributed by atoms with E-state index in [9.17, 15) is 4.79 Å². The maximum absolute atomic E-state index is 11.5. The van der Waals surface area contributed by atoms with Crippen LogP contribution in [0.15, 0.2) is 0 Å². The summed E-state index contributed by atoms with van der Waals surface area (Å²) in [5, 5.41) is 0. The monoisotopic (exact) mass is 199 g/mol. The molecule has 0 radical (unpaired) electrons. The molecule has 0 aromatic heterocycles. The van der Waals surface area contributed by atoms with Gasteiger partial charge in [0.1, 0.15) is 5.78 Å². The van der Waals surface area contributed by atoms with E-state index < -0.39 is 0 Å². The summed E-state index contributed by atoms with van der Waals surface area (Å²) in [6.45, 7) is 3.49. The number of hydrogen-bond donors (Lipinski definition) is 1. The molecule has 0 saturated carbocycles. The van der Waals surface area contributed by atoms with Crippen LogP contribution < -0.4 is 5.73 Å². The van der Waals surface area contributed by atoms with Crippen molar-refractivity contribution in [2.45, 2.75) is 45.1 Å². The molecule has 0 bridgehead atoms. The van der Waals surface area contributed by atoms with Crippen LogP contribution in [0.2, 0.25) is 0 Å². The van der Waals surface area contributed by atoms with Crippen LogP contribution in [0.5, 0.6) is 0 Å². The van der Waals surface area contributed by atoms with Gasteiger partial charge in [0.25, 0.3) is 0 Å². The van der Waals surface area contributed by atoms with Gasteiger partial charge in [0.15, 0.2) is 0 Å². The number of nitrogens with two attached hydrogens (primary N) is 1. The van der Waals surface area contributed by atoms with Gasteiger partial charge in [-0.05, 0) is 31.7 Å². The number of ether oxygens (including phenoxy) is 1. The predicted molar refractivity (Wildman–Crippen MR) is 56.1 cm³/mol. The third-order valence-electron chi connectivity index (χ3n) is 2.75. The van der Waals surface area contributed by atoms with Crippen molar-refractivity contribution in [3.8, 4) is 0 Å². The first kappa shape index (κ1) is 11.7. The van der Waals surface area contributed by atoms with Crippen LogP contribution in [0.25, 0.3) is 0 Å². The molecule has 3 heteroatoms. The lowest BCUT2D eigenvalue weighted by atomic mass is 10.0. The van der Waals surface area contributed by atoms with E-state index in [4.69, 9.17) is 10.5 Å². The van der Waals surface area contributed by atoms with Crippen molar-refractivity contribution in [3.63, 3.8) is 0 Å². The quantitative estimate of drug-likeness (QED) is 0.705. The normalized spacial score (nSPS) is 23.7. The maximum atomic E-state index is 11.5. The van der Waals surface area contributed by atoms with Crippen molar-refractivity contribution in [2.75, 3.05) is 13.2 Å². The zero-order valence-corrected chi connectivity index (χ0v) is 9.00. The Kier molecular flexibility index (Phi) is 5.12. The average Bonchev–Trinajstić information content (AvgIpc) is 2.67. The maximum Gasteiger partial charge on any atom is 0.133 e. The summed E-state index contributed by atoms with van der Waals surface area (Å²) in [7, 11) is 0. The van der Waals surface area contributed by atoms with E-state index in [2.05, 4.69) is 0 Å². The van der Waals surface area contributed by atoms with Gasteiger partial charge in [-0.25, -0.2) is 0 Å². The van der Waals surface area contributed by atoms with Crippen LogP contribution in [0.3, 0.4) is 0 Å². The molecule has 0 spiro atoms. The Morgan fingerprint density at radius 1 is 1.64 bits per heavy atom. The molecule has 1 aliphatic heterocycles. The fraction of sp³-hybridized carbons (Fsp3) is 0.909. The lowest BCUT2D eigenvalue weighted by molar-refractivity contribution is -0.120. The highest BCUT2D eigenvalue weighted by Gasteiger charge is 2.17. The summed E-state index contributed by atoms with van der Waals surface area (Å²) < 4.78 is 5.46. The molecule has 0 aliphatic carbocycles. The molecule has 1 rings (SSSR count). The van der Waals surface area contributed by atoms with Crippen LogP contribution in [-0.2, 0) is 9.53 Å². The van der Waals surface area contributed by atoms with E-state index >= 15 is 0 Å². The Morgan fingerprint density at radius 2 is 2.43 bits per heavy atom. The molecular weight excluding hydrogens is 178 g/mol. The van der Waals surface area contributed by atoms with Gasteiger partial charge in [-0.2, -0.15) is 0 Å². The van der Waals surface area contributed by atoms with Crippen molar-refractivity contribution in [1.29, 1.82) is 0 Å². The molecule has 2 unspecified atom stereocenters. The summed E-state index contributed by atoms with van der Waals surface area (Å²) in [5.41, 5.74) is 5.46. The highest BCUT2D eigenvalue weighted by Crippen LogP contribution is 2.17. The second-order valence-corrected chi connectivity index (χ2v) is 4.26. The van der Waals surface area contributed by atoms with E-state index in [1.54, 1.807) is 0 Å². The summed E-state index contributed by atoms with van der Waals surface area (Å²) in [6.07, 6.45) is 4.80. The van der Waals surface area contributed by atoms with E-state index in [1.165, 1.54) is 0 Å². The first-order valence-corrected chi connectivity index (χ1v) is 5.55. The van der Waals surface area contributed by atoms with E-state index in [1.807, 2.05) is 6.92 Å². The Balaban J connectivity index is 2.08. The Hall–Kier alpha value is -0.410. The fourth-order valence-electron chi connectivity index (χ4n) is 1.77. The smallest absolute Gasteiger partial charge is 0.133 e. The van der Waals surface area contributed by atoms with Gasteiger partial charge in [0.2, 0.25) is 0 Å². The van der Waals surface area contributed by atoms with Crippen LogP contribution in [0.1, 0.15) is 39.0 Å². The van der Waals surface area contributed by atoms with Gasteiger partial charge in [0, 0.05) is 19.4 Å². The average molecular weight is 199 g/mol. The third-order valence-corrected chi connectivity index (χ3v) is 2.75. The molecule has 0 amide bonds. The lowest BCUT2D eigenvalue weighted by Gasteiger charge is -2.10. The van der Waals surface area contributed by atoms with E-state index in [0.29, 0.717) is 37.2 Å². The van der Waals surface area contributed by atoms with Crippen molar-refractivity contribution < 1.29 is 9.53 Å². The molecule has 1 saturated heterocycles. The van der Waals surface area contributed by atoms with Crippen molar-refractivity contribution in [2.24, 2.45) is 11.7 Å². The van der Waals surface area contributed by atoms with Crippen LogP contribution in [0, 0.1) is 5.92 Å². The van der Waals surface area contributed by atoms with Gasteiger partial charge < -0.3 is 10.5 Å². The summed E-state index contributed by atoms with van der Waals surface area (Å²) in [5.74, 6) is 0.658. The summed E-state index contributed by atoms with van der Waals surface area (Å²) in [6, 6.07) is 0. The summed E-state index contributed by atoms with van der Waals surface area (Å²) >= 11 is 0. The predicted octanol–water partition coefficient (Wildman–Crippen LogP) is 1.50. The molecule has 1 aliphatic rings. The van der Waals surface area contributed by atoms with Gasteiger partial charge in [-0.3, -0.25) is 4.79 Å². The number of ketones is 1. The molecular formula is C11H21NO2. The van der Waals surface area contributed by atoms with Crippen LogP contribution >= 0.6 is 0 Å². The van der Waals surface area contributed by atoms with Gasteiger partial charge in [-0.1, -0.05) is 6.92 Å². The lowest BCUT2D eigenvalue weighted by Crippen LogP contribution is -2.16. The molecule has 82 valence electrons. The van der Waals surface area contributed by atoms with Gasteiger partial charge >= 0.3 is 0 Å². The number of carbonyl (C=O) groups excluding carboxylic acids is 1. The number of rotatable bonds is 6.